The Labute approximate surface area is 185 Å². The molecule has 0 saturated carbocycles. The molecule has 1 aromatic rings. The van der Waals surface area contributed by atoms with Crippen molar-refractivity contribution in [2.75, 3.05) is 37.8 Å². The first-order chi connectivity index (χ1) is 15.4. The van der Waals surface area contributed by atoms with Gasteiger partial charge in [-0.2, -0.15) is 10.5 Å². The largest absolute Gasteiger partial charge is 0.456 e. The van der Waals surface area contributed by atoms with Crippen LogP contribution in [0, 0.1) is 22.2 Å². The van der Waals surface area contributed by atoms with Gasteiger partial charge in [-0.1, -0.05) is 5.22 Å². The van der Waals surface area contributed by atoms with Crippen molar-refractivity contribution in [3.63, 3.8) is 0 Å². The average molecular weight is 443 g/mol. The molecule has 2 fully saturated rings. The van der Waals surface area contributed by atoms with Crippen molar-refractivity contribution in [3.8, 4) is 0 Å². The Kier molecular flexibility index (Phi) is 6.15. The first-order valence-electron chi connectivity index (χ1n) is 10.6. The first kappa shape index (κ1) is 21.8. The fourth-order valence-electron chi connectivity index (χ4n) is 4.71. The van der Waals surface area contributed by atoms with Gasteiger partial charge in [0.05, 0.1) is 12.1 Å². The number of rotatable bonds is 6. The fourth-order valence-corrected chi connectivity index (χ4v) is 4.71. The summed E-state index contributed by atoms with van der Waals surface area (Å²) in [5, 5.41) is 10.8. The zero-order chi connectivity index (χ0) is 22.7. The normalized spacial score (nSPS) is 20.0. The summed E-state index contributed by atoms with van der Waals surface area (Å²) in [7, 11) is 0. The van der Waals surface area contributed by atoms with Crippen LogP contribution in [0.5, 0.6) is 0 Å². The van der Waals surface area contributed by atoms with Crippen molar-refractivity contribution in [1.29, 1.82) is 10.9 Å². The highest BCUT2D eigenvalue weighted by atomic mass is 19.1. The van der Waals surface area contributed by atoms with Gasteiger partial charge in [-0.15, -0.1) is 0 Å². The third-order valence-corrected chi connectivity index (χ3v) is 6.73. The number of nitrogens with one attached hydrogen (secondary N) is 2. The molecule has 0 radical (unpaired) electrons. The number of esters is 1. The Morgan fingerprint density at radius 3 is 2.53 bits per heavy atom. The number of anilines is 1. The highest BCUT2D eigenvalue weighted by Gasteiger charge is 2.39. The molecule has 1 spiro atoms. The number of pyridine rings is 1. The third-order valence-electron chi connectivity index (χ3n) is 6.73. The minimum absolute atomic E-state index is 0.0514. The molecular weight excluding hydrogens is 417 g/mol. The third kappa shape index (κ3) is 4.46. The van der Waals surface area contributed by atoms with E-state index in [0.29, 0.717) is 36.6 Å². The van der Waals surface area contributed by atoms with Crippen LogP contribution in [-0.2, 0) is 20.7 Å². The van der Waals surface area contributed by atoms with Crippen molar-refractivity contribution in [2.24, 2.45) is 10.6 Å². The Hall–Kier alpha value is -3.37. The monoisotopic (exact) mass is 443 g/mol. The van der Waals surface area contributed by atoms with E-state index in [1.54, 1.807) is 6.08 Å². The summed E-state index contributed by atoms with van der Waals surface area (Å²) in [6.45, 7) is 3.50. The predicted molar refractivity (Wildman–Crippen MR) is 112 cm³/mol. The topological polar surface area (TPSA) is 126 Å². The minimum Gasteiger partial charge on any atom is -0.456 e. The molecule has 2 saturated heterocycles. The maximum atomic E-state index is 14.3. The summed E-state index contributed by atoms with van der Waals surface area (Å²) in [5.41, 5.74) is 8.58. The number of carbonyl (C=O) groups is 2. The van der Waals surface area contributed by atoms with Gasteiger partial charge in [0.2, 0.25) is 5.91 Å². The molecule has 3 aliphatic heterocycles. The molecule has 170 valence electrons. The molecule has 0 atom stereocenters. The number of ether oxygens (including phenoxy) is 1. The maximum Gasteiger partial charge on any atom is 0.333 e. The van der Waals surface area contributed by atoms with E-state index in [2.05, 4.69) is 15.1 Å². The zero-order valence-corrected chi connectivity index (χ0v) is 17.7. The van der Waals surface area contributed by atoms with Gasteiger partial charge in [-0.3, -0.25) is 10.2 Å². The number of cyclic esters (lactones) is 1. The van der Waals surface area contributed by atoms with Gasteiger partial charge in [0.1, 0.15) is 12.9 Å². The first-order valence-corrected chi connectivity index (χ1v) is 10.6. The van der Waals surface area contributed by atoms with Crippen LogP contribution in [0.2, 0.25) is 0 Å². The van der Waals surface area contributed by atoms with Crippen LogP contribution >= 0.6 is 0 Å². The molecule has 1 aromatic heterocycles. The summed E-state index contributed by atoms with van der Waals surface area (Å²) >= 11 is 0. The summed E-state index contributed by atoms with van der Waals surface area (Å²) < 4.78 is 19.3. The van der Waals surface area contributed by atoms with Crippen LogP contribution in [0.1, 0.15) is 31.2 Å². The molecule has 3 aliphatic rings. The zero-order valence-electron chi connectivity index (χ0n) is 17.7. The van der Waals surface area contributed by atoms with Crippen molar-refractivity contribution < 1.29 is 18.7 Å². The standard InChI is InChI=1S/C21H26FN7O3/c22-17-9-15(12-25-20(17)29(14-23)26-24)10-18(30)28-7-3-21(4-8-28)1-5-27(6-2-21)16-11-19(31)32-13-16/h9,11-12,14,23-24H,1-8,10,13H2. The fraction of sp³-hybridized carbons (Fsp3) is 0.524. The smallest absolute Gasteiger partial charge is 0.333 e. The van der Waals surface area contributed by atoms with Crippen LogP contribution in [0.25, 0.3) is 0 Å². The van der Waals surface area contributed by atoms with Crippen LogP contribution in [0.3, 0.4) is 0 Å². The van der Waals surface area contributed by atoms with E-state index in [-0.39, 0.29) is 29.5 Å². The van der Waals surface area contributed by atoms with Gasteiger partial charge in [-0.05, 0) is 42.7 Å². The summed E-state index contributed by atoms with van der Waals surface area (Å²) in [6, 6.07) is 1.20. The van der Waals surface area contributed by atoms with Crippen LogP contribution in [0.15, 0.2) is 29.3 Å². The van der Waals surface area contributed by atoms with Crippen molar-refractivity contribution >= 4 is 24.0 Å². The molecular formula is C21H26FN7O3. The quantitative estimate of drug-likeness (QED) is 0.228. The van der Waals surface area contributed by atoms with E-state index in [4.69, 9.17) is 15.7 Å². The number of aromatic nitrogens is 1. The molecule has 4 rings (SSSR count). The second-order valence-electron chi connectivity index (χ2n) is 8.51. The number of hydrogen-bond donors (Lipinski definition) is 2. The average Bonchev–Trinajstić information content (AvgIpc) is 3.23. The lowest BCUT2D eigenvalue weighted by atomic mass is 9.71. The lowest BCUT2D eigenvalue weighted by Crippen LogP contribution is -2.48. The van der Waals surface area contributed by atoms with E-state index in [0.717, 1.165) is 44.5 Å². The predicted octanol–water partition coefficient (Wildman–Crippen LogP) is 2.27. The second kappa shape index (κ2) is 9.01. The van der Waals surface area contributed by atoms with Gasteiger partial charge < -0.3 is 14.5 Å². The van der Waals surface area contributed by atoms with E-state index in [1.807, 2.05) is 4.90 Å². The summed E-state index contributed by atoms with van der Waals surface area (Å²) in [4.78, 5) is 32.0. The van der Waals surface area contributed by atoms with E-state index < -0.39 is 5.82 Å². The van der Waals surface area contributed by atoms with Crippen molar-refractivity contribution in [3.05, 3.63) is 35.4 Å². The molecule has 0 bridgehead atoms. The minimum atomic E-state index is -0.733. The van der Waals surface area contributed by atoms with Gasteiger partial charge in [0.25, 0.3) is 0 Å². The molecule has 0 aromatic carbocycles. The molecule has 2 N–H and O–H groups in total. The lowest BCUT2D eigenvalue weighted by molar-refractivity contribution is -0.135. The number of hydrogen-bond acceptors (Lipinski definition) is 8. The van der Waals surface area contributed by atoms with Crippen LogP contribution < -0.4 is 5.01 Å². The molecule has 32 heavy (non-hydrogen) atoms. The van der Waals surface area contributed by atoms with Gasteiger partial charge >= 0.3 is 5.97 Å². The van der Waals surface area contributed by atoms with Gasteiger partial charge in [0.15, 0.2) is 11.6 Å². The second-order valence-corrected chi connectivity index (χ2v) is 8.51. The Bertz CT molecular complexity index is 941. The number of nitrogens with zero attached hydrogens (tertiary/aromatic N) is 5. The number of amides is 1. The van der Waals surface area contributed by atoms with E-state index >= 15 is 0 Å². The SMILES string of the molecule is N=CN(N=N)c1ncc(CC(=O)N2CCC3(CC2)CCN(C2=CC(=O)OC2)CC3)cc1F. The molecule has 1 amide bonds. The highest BCUT2D eigenvalue weighted by molar-refractivity contribution is 5.85. The van der Waals surface area contributed by atoms with Crippen LogP contribution in [0.4, 0.5) is 10.2 Å². The van der Waals surface area contributed by atoms with Crippen LogP contribution in [-0.4, -0.2) is 65.8 Å². The maximum absolute atomic E-state index is 14.3. The number of halogens is 1. The number of carbonyl (C=O) groups excluding carboxylic acids is 2. The molecule has 0 unspecified atom stereocenters. The van der Waals surface area contributed by atoms with Gasteiger partial charge in [0, 0.05) is 38.5 Å². The number of likely N-dealkylation sites (tertiary alicyclic amines) is 2. The molecule has 4 heterocycles. The van der Waals surface area contributed by atoms with Crippen molar-refractivity contribution in [2.45, 2.75) is 32.1 Å². The molecule has 10 nitrogen and oxygen atoms in total. The Balaban J connectivity index is 1.29. The van der Waals surface area contributed by atoms with E-state index in [9.17, 15) is 14.0 Å². The molecule has 0 aliphatic carbocycles. The van der Waals surface area contributed by atoms with Gasteiger partial charge in [-0.25, -0.2) is 14.2 Å². The van der Waals surface area contributed by atoms with E-state index in [1.165, 1.54) is 12.3 Å². The highest BCUT2D eigenvalue weighted by Crippen LogP contribution is 2.42. The summed E-state index contributed by atoms with van der Waals surface area (Å²) in [6.07, 6.45) is 7.63. The summed E-state index contributed by atoms with van der Waals surface area (Å²) in [5.74, 6) is -1.31. The number of piperidine rings is 2. The Morgan fingerprint density at radius 2 is 1.97 bits per heavy atom. The Morgan fingerprint density at radius 1 is 1.28 bits per heavy atom. The lowest BCUT2D eigenvalue weighted by Gasteiger charge is -2.47. The van der Waals surface area contributed by atoms with Crippen molar-refractivity contribution in [1.82, 2.24) is 14.8 Å². The molecule has 11 heteroatoms.